The van der Waals surface area contributed by atoms with E-state index in [4.69, 9.17) is 0 Å². The number of ketones is 2. The van der Waals surface area contributed by atoms with E-state index in [9.17, 15) is 9.59 Å². The molecule has 0 unspecified atom stereocenters. The molecule has 0 fully saturated rings. The van der Waals surface area contributed by atoms with Crippen LogP contribution in [0.15, 0.2) is 24.3 Å². The summed E-state index contributed by atoms with van der Waals surface area (Å²) in [6.45, 7) is 5.63. The summed E-state index contributed by atoms with van der Waals surface area (Å²) in [6.07, 6.45) is 0.921. The molecule has 0 saturated carbocycles. The van der Waals surface area contributed by atoms with Gasteiger partial charge in [0, 0.05) is 24.3 Å². The minimum atomic E-state index is 0.0468. The van der Waals surface area contributed by atoms with Crippen LogP contribution in [0.3, 0.4) is 0 Å². The number of carbonyl (C=O) groups is 2. The first-order chi connectivity index (χ1) is 7.54. The molecule has 2 heteroatoms. The lowest BCUT2D eigenvalue weighted by atomic mass is 9.98. The molecule has 0 bridgehead atoms. The van der Waals surface area contributed by atoms with Crippen molar-refractivity contribution in [1.82, 2.24) is 0 Å². The third kappa shape index (κ3) is 3.30. The Hall–Kier alpha value is -1.44. The molecule has 1 rings (SSSR count). The number of rotatable bonds is 5. The van der Waals surface area contributed by atoms with Crippen LogP contribution in [0.25, 0.3) is 0 Å². The number of hydrogen-bond acceptors (Lipinski definition) is 2. The molecule has 0 radical (unpaired) electrons. The zero-order valence-corrected chi connectivity index (χ0v) is 10.1. The third-order valence-corrected chi connectivity index (χ3v) is 2.59. The van der Waals surface area contributed by atoms with E-state index in [0.717, 1.165) is 5.56 Å². The van der Waals surface area contributed by atoms with Gasteiger partial charge in [-0.05, 0) is 11.6 Å². The van der Waals surface area contributed by atoms with Crippen LogP contribution in [0.2, 0.25) is 0 Å². The van der Waals surface area contributed by atoms with Gasteiger partial charge in [-0.1, -0.05) is 39.0 Å². The van der Waals surface area contributed by atoms with Crippen LogP contribution in [-0.2, 0) is 11.2 Å². The maximum absolute atomic E-state index is 11.6. The molecule has 86 valence electrons. The van der Waals surface area contributed by atoms with Crippen molar-refractivity contribution in [3.05, 3.63) is 35.4 Å². The zero-order chi connectivity index (χ0) is 12.1. The number of benzene rings is 1. The Bertz CT molecular complexity index is 391. The van der Waals surface area contributed by atoms with Gasteiger partial charge >= 0.3 is 0 Å². The molecule has 0 aliphatic heterocycles. The second kappa shape index (κ2) is 5.59. The molecular weight excluding hydrogens is 200 g/mol. The van der Waals surface area contributed by atoms with Gasteiger partial charge in [0.05, 0.1) is 0 Å². The van der Waals surface area contributed by atoms with E-state index in [-0.39, 0.29) is 17.5 Å². The Morgan fingerprint density at radius 1 is 1.25 bits per heavy atom. The average Bonchev–Trinajstić information content (AvgIpc) is 2.28. The average molecular weight is 218 g/mol. The molecule has 0 spiro atoms. The number of carbonyl (C=O) groups excluding carboxylic acids is 2. The third-order valence-electron chi connectivity index (χ3n) is 2.59. The zero-order valence-electron chi connectivity index (χ0n) is 10.1. The van der Waals surface area contributed by atoms with E-state index in [2.05, 4.69) is 0 Å². The van der Waals surface area contributed by atoms with Gasteiger partial charge in [0.2, 0.25) is 0 Å². The van der Waals surface area contributed by atoms with Crippen LogP contribution in [0.1, 0.15) is 43.1 Å². The Balaban J connectivity index is 2.83. The predicted molar refractivity (Wildman–Crippen MR) is 64.6 cm³/mol. The van der Waals surface area contributed by atoms with Crippen molar-refractivity contribution in [3.63, 3.8) is 0 Å². The van der Waals surface area contributed by atoms with Crippen LogP contribution >= 0.6 is 0 Å². The maximum Gasteiger partial charge on any atom is 0.162 e. The summed E-state index contributed by atoms with van der Waals surface area (Å²) in [4.78, 5) is 23.1. The summed E-state index contributed by atoms with van der Waals surface area (Å²) in [6, 6.07) is 7.36. The summed E-state index contributed by atoms with van der Waals surface area (Å²) in [5.74, 6) is 0.380. The highest BCUT2D eigenvalue weighted by Gasteiger charge is 2.09. The van der Waals surface area contributed by atoms with Crippen molar-refractivity contribution in [1.29, 1.82) is 0 Å². The van der Waals surface area contributed by atoms with Gasteiger partial charge in [-0.3, -0.25) is 9.59 Å². The smallest absolute Gasteiger partial charge is 0.162 e. The molecule has 0 atom stereocenters. The van der Waals surface area contributed by atoms with E-state index in [0.29, 0.717) is 18.4 Å². The van der Waals surface area contributed by atoms with Crippen LogP contribution in [0, 0.1) is 5.92 Å². The molecule has 0 saturated heterocycles. The lowest BCUT2D eigenvalue weighted by Crippen LogP contribution is -2.10. The lowest BCUT2D eigenvalue weighted by Gasteiger charge is -2.05. The number of Topliss-reactive ketones (excluding diaryl/α,β-unsaturated/α-hetero) is 2. The van der Waals surface area contributed by atoms with E-state index < -0.39 is 0 Å². The van der Waals surface area contributed by atoms with Gasteiger partial charge in [-0.25, -0.2) is 0 Å². The molecule has 16 heavy (non-hydrogen) atoms. The van der Waals surface area contributed by atoms with Gasteiger partial charge in [0.25, 0.3) is 0 Å². The summed E-state index contributed by atoms with van der Waals surface area (Å²) in [5, 5.41) is 0. The minimum absolute atomic E-state index is 0.0468. The highest BCUT2D eigenvalue weighted by atomic mass is 16.1. The fraction of sp³-hybridized carbons (Fsp3) is 0.429. The first-order valence-electron chi connectivity index (χ1n) is 5.69. The van der Waals surface area contributed by atoms with Crippen LogP contribution < -0.4 is 0 Å². The molecule has 0 aliphatic rings. The standard InChI is InChI=1S/C14H18O2/c1-4-13(15)12-7-5-6-11(8-12)9-14(16)10(2)3/h5-8,10H,4,9H2,1-3H3. The van der Waals surface area contributed by atoms with E-state index in [1.807, 2.05) is 39.0 Å². The number of hydrogen-bond donors (Lipinski definition) is 0. The fourth-order valence-corrected chi connectivity index (χ4v) is 1.46. The van der Waals surface area contributed by atoms with Crippen LogP contribution in [0.5, 0.6) is 0 Å². The highest BCUT2D eigenvalue weighted by molar-refractivity contribution is 5.96. The quantitative estimate of drug-likeness (QED) is 0.712. The fourth-order valence-electron chi connectivity index (χ4n) is 1.46. The predicted octanol–water partition coefficient (Wildman–Crippen LogP) is 3.05. The summed E-state index contributed by atoms with van der Waals surface area (Å²) >= 11 is 0. The van der Waals surface area contributed by atoms with Crippen molar-refractivity contribution < 1.29 is 9.59 Å². The summed E-state index contributed by atoms with van der Waals surface area (Å²) in [7, 11) is 0. The molecule has 0 aromatic heterocycles. The molecule has 0 amide bonds. The largest absolute Gasteiger partial charge is 0.299 e. The monoisotopic (exact) mass is 218 g/mol. The van der Waals surface area contributed by atoms with Crippen molar-refractivity contribution in [2.75, 3.05) is 0 Å². The van der Waals surface area contributed by atoms with E-state index in [1.165, 1.54) is 0 Å². The van der Waals surface area contributed by atoms with Crippen LogP contribution in [0.4, 0.5) is 0 Å². The van der Waals surface area contributed by atoms with E-state index in [1.54, 1.807) is 6.07 Å². The van der Waals surface area contributed by atoms with Crippen molar-refractivity contribution in [2.45, 2.75) is 33.6 Å². The molecule has 0 heterocycles. The molecule has 0 N–H and O–H groups in total. The van der Waals surface area contributed by atoms with Gasteiger partial charge < -0.3 is 0 Å². The topological polar surface area (TPSA) is 34.1 Å². The normalized spacial score (nSPS) is 10.5. The maximum atomic E-state index is 11.6. The molecule has 2 nitrogen and oxygen atoms in total. The Labute approximate surface area is 96.7 Å². The second-order valence-corrected chi connectivity index (χ2v) is 4.27. The first kappa shape index (κ1) is 12.6. The second-order valence-electron chi connectivity index (χ2n) is 4.27. The summed E-state index contributed by atoms with van der Waals surface area (Å²) < 4.78 is 0. The highest BCUT2D eigenvalue weighted by Crippen LogP contribution is 2.10. The van der Waals surface area contributed by atoms with Gasteiger partial charge in [-0.2, -0.15) is 0 Å². The summed E-state index contributed by atoms with van der Waals surface area (Å²) in [5.41, 5.74) is 1.63. The van der Waals surface area contributed by atoms with Gasteiger partial charge in [0.1, 0.15) is 5.78 Å². The molecule has 0 aliphatic carbocycles. The van der Waals surface area contributed by atoms with Gasteiger partial charge in [-0.15, -0.1) is 0 Å². The molecular formula is C14H18O2. The van der Waals surface area contributed by atoms with Crippen molar-refractivity contribution in [3.8, 4) is 0 Å². The van der Waals surface area contributed by atoms with Gasteiger partial charge in [0.15, 0.2) is 5.78 Å². The Morgan fingerprint density at radius 2 is 1.94 bits per heavy atom. The van der Waals surface area contributed by atoms with E-state index >= 15 is 0 Å². The Morgan fingerprint density at radius 3 is 2.50 bits per heavy atom. The SMILES string of the molecule is CCC(=O)c1cccc(CC(=O)C(C)C)c1. The lowest BCUT2D eigenvalue weighted by molar-refractivity contribution is -0.121. The van der Waals surface area contributed by atoms with Crippen molar-refractivity contribution >= 4 is 11.6 Å². The first-order valence-corrected chi connectivity index (χ1v) is 5.69. The van der Waals surface area contributed by atoms with Crippen molar-refractivity contribution in [2.24, 2.45) is 5.92 Å². The minimum Gasteiger partial charge on any atom is -0.299 e. The van der Waals surface area contributed by atoms with Crippen LogP contribution in [-0.4, -0.2) is 11.6 Å². The molecule has 1 aromatic rings. The molecule has 1 aromatic carbocycles. The Kier molecular flexibility index (Phi) is 4.41.